The van der Waals surface area contributed by atoms with Crippen molar-refractivity contribution in [3.05, 3.63) is 39.7 Å². The molecule has 2 heteroatoms. The van der Waals surface area contributed by atoms with Gasteiger partial charge in [0.1, 0.15) is 0 Å². The molecule has 0 saturated heterocycles. The highest BCUT2D eigenvalue weighted by Crippen LogP contribution is 2.28. The Labute approximate surface area is 79.7 Å². The topological polar surface area (TPSA) is 28.1 Å². The molecule has 0 aromatic heterocycles. The van der Waals surface area contributed by atoms with Crippen LogP contribution in [-0.4, -0.2) is 0 Å². The minimum atomic E-state index is 0.341. The molecule has 0 fully saturated rings. The molecule has 0 aliphatic carbocycles. The quantitative estimate of drug-likeness (QED) is 0.551. The van der Waals surface area contributed by atoms with Gasteiger partial charge in [-0.1, -0.05) is 11.6 Å². The van der Waals surface area contributed by atoms with Gasteiger partial charge in [0.25, 0.3) is 0 Å². The van der Waals surface area contributed by atoms with Crippen molar-refractivity contribution in [3.63, 3.8) is 0 Å². The van der Waals surface area contributed by atoms with Gasteiger partial charge in [-0.15, -0.1) is 0 Å². The van der Waals surface area contributed by atoms with Gasteiger partial charge in [0.15, 0.2) is 0 Å². The van der Waals surface area contributed by atoms with Crippen LogP contribution < -0.4 is 0 Å². The van der Waals surface area contributed by atoms with Gasteiger partial charge in [0, 0.05) is 0 Å². The smallest absolute Gasteiger partial charge is 0.208 e. The Bertz CT molecular complexity index is 431. The molecule has 1 rings (SSSR count). The molecule has 0 aliphatic rings. The van der Waals surface area contributed by atoms with E-state index in [4.69, 9.17) is 13.2 Å². The third-order valence-electron chi connectivity index (χ3n) is 2.13. The van der Waals surface area contributed by atoms with E-state index in [1.54, 1.807) is 20.8 Å². The van der Waals surface area contributed by atoms with Crippen molar-refractivity contribution in [1.29, 1.82) is 5.26 Å². The lowest BCUT2D eigenvalue weighted by Gasteiger charge is -2.06. The molecule has 0 aliphatic heterocycles. The number of benzene rings is 1. The van der Waals surface area contributed by atoms with Gasteiger partial charge in [-0.2, -0.15) is 5.26 Å². The second kappa shape index (κ2) is 3.29. The Balaban J connectivity index is 3.79. The van der Waals surface area contributed by atoms with Crippen LogP contribution in [0.15, 0.2) is 6.04 Å². The van der Waals surface area contributed by atoms with E-state index in [0.29, 0.717) is 22.9 Å². The van der Waals surface area contributed by atoms with Crippen LogP contribution in [0.3, 0.4) is 0 Å². The van der Waals surface area contributed by atoms with E-state index in [1.165, 1.54) is 0 Å². The van der Waals surface area contributed by atoms with Crippen molar-refractivity contribution in [2.24, 2.45) is 0 Å². The first-order valence-corrected chi connectivity index (χ1v) is 3.92. The second-order valence-corrected chi connectivity index (χ2v) is 2.95. The van der Waals surface area contributed by atoms with Crippen LogP contribution in [0, 0.1) is 38.7 Å². The first-order valence-electron chi connectivity index (χ1n) is 4.42. The van der Waals surface area contributed by atoms with Gasteiger partial charge in [-0.05, 0) is 31.9 Å². The van der Waals surface area contributed by atoms with Crippen LogP contribution >= 0.6 is 0 Å². The first-order chi connectivity index (χ1) is 6.54. The van der Waals surface area contributed by atoms with E-state index in [9.17, 15) is 0 Å². The van der Waals surface area contributed by atoms with Gasteiger partial charge in [-0.3, -0.25) is 0 Å². The molecule has 0 atom stereocenters. The lowest BCUT2D eigenvalue weighted by atomic mass is 9.99. The summed E-state index contributed by atoms with van der Waals surface area (Å²) in [6.45, 7) is 12.3. The van der Waals surface area contributed by atoms with Crippen LogP contribution in [0.2, 0.25) is 0 Å². The van der Waals surface area contributed by atoms with Gasteiger partial charge < -0.3 is 0 Å². The maximum absolute atomic E-state index is 8.89. The van der Waals surface area contributed by atoms with Gasteiger partial charge in [0.05, 0.1) is 19.6 Å². The van der Waals surface area contributed by atoms with Crippen molar-refractivity contribution in [2.75, 3.05) is 0 Å². The molecule has 1 aromatic rings. The molecule has 0 unspecified atom stereocenters. The summed E-state index contributed by atoms with van der Waals surface area (Å²) in [6, 6.07) is 2.36. The second-order valence-electron chi connectivity index (χ2n) is 2.95. The monoisotopic (exact) mass is 171 g/mol. The van der Waals surface area contributed by atoms with Crippen molar-refractivity contribution < 1.29 is 1.37 Å². The number of nitrogens with zero attached hydrogens (tertiary/aromatic N) is 2. The van der Waals surface area contributed by atoms with E-state index in [0.717, 1.165) is 11.1 Å². The molecule has 64 valence electrons. The van der Waals surface area contributed by atoms with Crippen molar-refractivity contribution >= 4 is 5.69 Å². The van der Waals surface area contributed by atoms with Crippen LogP contribution in [0.25, 0.3) is 4.85 Å². The van der Waals surface area contributed by atoms with Crippen LogP contribution in [0.1, 0.15) is 23.6 Å². The Morgan fingerprint density at radius 1 is 1.46 bits per heavy atom. The predicted molar refractivity (Wildman–Crippen MR) is 51.6 cm³/mol. The summed E-state index contributed by atoms with van der Waals surface area (Å²) in [5, 5.41) is 8.89. The lowest BCUT2D eigenvalue weighted by molar-refractivity contribution is 1.29. The normalized spacial score (nSPS) is 10.1. The van der Waals surface area contributed by atoms with Gasteiger partial charge >= 0.3 is 0 Å². The largest absolute Gasteiger partial charge is 0.236 e. The average Bonchev–Trinajstić information content (AvgIpc) is 2.20. The van der Waals surface area contributed by atoms with Crippen molar-refractivity contribution in [2.45, 2.75) is 20.8 Å². The summed E-state index contributed by atoms with van der Waals surface area (Å²) in [6.07, 6.45) is 0. The van der Waals surface area contributed by atoms with E-state index in [-0.39, 0.29) is 0 Å². The molecule has 2 nitrogen and oxygen atoms in total. The Kier molecular flexibility index (Phi) is 1.98. The summed E-state index contributed by atoms with van der Waals surface area (Å²) >= 11 is 0. The summed E-state index contributed by atoms with van der Waals surface area (Å²) in [4.78, 5) is 3.35. The molecule has 0 N–H and O–H groups in total. The minimum absolute atomic E-state index is 0.341. The van der Waals surface area contributed by atoms with Crippen molar-refractivity contribution in [1.82, 2.24) is 0 Å². The van der Waals surface area contributed by atoms with Gasteiger partial charge in [0.2, 0.25) is 5.69 Å². The highest BCUT2D eigenvalue weighted by Gasteiger charge is 2.10. The fraction of sp³-hybridized carbons (Fsp3) is 0.273. The zero-order valence-corrected chi connectivity index (χ0v) is 7.89. The lowest BCUT2D eigenvalue weighted by Crippen LogP contribution is -1.89. The number of hydrogen-bond acceptors (Lipinski definition) is 1. The number of hydrogen-bond donors (Lipinski definition) is 0. The van der Waals surface area contributed by atoms with E-state index >= 15 is 0 Å². The highest BCUT2D eigenvalue weighted by atomic mass is 14.7. The average molecular weight is 171 g/mol. The van der Waals surface area contributed by atoms with E-state index < -0.39 is 0 Å². The van der Waals surface area contributed by atoms with E-state index in [2.05, 4.69) is 4.85 Å². The Morgan fingerprint density at radius 3 is 2.54 bits per heavy atom. The molecule has 0 bridgehead atoms. The molecule has 0 spiro atoms. The zero-order chi connectivity index (χ0) is 10.9. The molecular weight excluding hydrogens is 160 g/mol. The highest BCUT2D eigenvalue weighted by molar-refractivity contribution is 5.67. The summed E-state index contributed by atoms with van der Waals surface area (Å²) in [5.74, 6) is 0. The summed E-state index contributed by atoms with van der Waals surface area (Å²) < 4.78 is 7.75. The third-order valence-corrected chi connectivity index (χ3v) is 2.13. The summed E-state index contributed by atoms with van der Waals surface area (Å²) in [5.41, 5.74) is 2.85. The molecule has 13 heavy (non-hydrogen) atoms. The van der Waals surface area contributed by atoms with Crippen LogP contribution in [-0.2, 0) is 0 Å². The SMILES string of the molecule is [2H]c1c(C)c(C)c([N+]#[C-])c(C#N)c1C. The number of nitriles is 1. The van der Waals surface area contributed by atoms with Crippen LogP contribution in [0.4, 0.5) is 5.69 Å². The predicted octanol–water partition coefficient (Wildman–Crippen LogP) is 3.03. The fourth-order valence-electron chi connectivity index (χ4n) is 1.26. The van der Waals surface area contributed by atoms with Gasteiger partial charge in [-0.25, -0.2) is 4.85 Å². The summed E-state index contributed by atoms with van der Waals surface area (Å²) in [7, 11) is 0. The molecule has 0 amide bonds. The zero-order valence-electron chi connectivity index (χ0n) is 8.89. The fourth-order valence-corrected chi connectivity index (χ4v) is 1.26. The molecule has 0 radical (unpaired) electrons. The Hall–Kier alpha value is -1.80. The number of rotatable bonds is 0. The first kappa shape index (κ1) is 7.83. The maximum Gasteiger partial charge on any atom is 0.208 e. The van der Waals surface area contributed by atoms with Crippen molar-refractivity contribution in [3.8, 4) is 6.07 Å². The molecule has 0 saturated carbocycles. The van der Waals surface area contributed by atoms with Crippen LogP contribution in [0.5, 0.6) is 0 Å². The Morgan fingerprint density at radius 2 is 2.08 bits per heavy atom. The standard InChI is InChI=1S/C11H10N2/c1-7-5-8(2)10(6-12)11(13-4)9(7)3/h5H,1-3H3/i5D. The third kappa shape index (κ3) is 1.39. The molecule has 0 heterocycles. The minimum Gasteiger partial charge on any atom is -0.236 e. The van der Waals surface area contributed by atoms with E-state index in [1.807, 2.05) is 6.07 Å². The molecular formula is C11H10N2. The molecule has 1 aromatic carbocycles. The maximum atomic E-state index is 8.89.